The Morgan fingerprint density at radius 1 is 0.857 bits per heavy atom. The number of nitrogens with one attached hydrogen (secondary N) is 1. The molecule has 3 aliphatic rings. The Kier molecular flexibility index (Phi) is 7.82. The topological polar surface area (TPSA) is 52.7 Å². The molecule has 1 saturated carbocycles. The third kappa shape index (κ3) is 5.78. The second-order valence-corrected chi connectivity index (χ2v) is 10.5. The summed E-state index contributed by atoms with van der Waals surface area (Å²) in [6.45, 7) is 3.01. The van der Waals surface area contributed by atoms with E-state index in [1.807, 2.05) is 23.1 Å². The highest BCUT2D eigenvalue weighted by molar-refractivity contribution is 5.83. The van der Waals surface area contributed by atoms with E-state index in [4.69, 9.17) is 0 Å². The Balaban J connectivity index is 1.20. The number of benzene rings is 2. The molecule has 2 amide bonds. The maximum Gasteiger partial charge on any atom is 0.238 e. The number of carbonyl (C=O) groups excluding carboxylic acids is 2. The summed E-state index contributed by atoms with van der Waals surface area (Å²) < 4.78 is 0. The minimum Gasteiger partial charge on any atom is -0.348 e. The number of carbonyl (C=O) groups is 2. The maximum atomic E-state index is 13.7. The molecule has 35 heavy (non-hydrogen) atoms. The van der Waals surface area contributed by atoms with Crippen molar-refractivity contribution in [2.75, 3.05) is 26.2 Å². The molecule has 1 heterocycles. The average molecular weight is 474 g/mol. The van der Waals surface area contributed by atoms with Crippen LogP contribution < -0.4 is 5.32 Å². The normalized spacial score (nSPS) is 21.9. The van der Waals surface area contributed by atoms with Gasteiger partial charge in [-0.05, 0) is 61.1 Å². The van der Waals surface area contributed by atoms with E-state index in [1.54, 1.807) is 0 Å². The third-order valence-corrected chi connectivity index (χ3v) is 8.33. The summed E-state index contributed by atoms with van der Waals surface area (Å²) in [6.07, 6.45) is 9.30. The molecule has 1 aliphatic heterocycles. The first-order valence-electron chi connectivity index (χ1n) is 13.6. The summed E-state index contributed by atoms with van der Waals surface area (Å²) in [4.78, 5) is 31.0. The first-order chi connectivity index (χ1) is 17.2. The van der Waals surface area contributed by atoms with Crippen molar-refractivity contribution in [1.29, 1.82) is 0 Å². The van der Waals surface area contributed by atoms with Gasteiger partial charge in [0, 0.05) is 32.6 Å². The van der Waals surface area contributed by atoms with Crippen molar-refractivity contribution in [3.05, 3.63) is 71.3 Å². The van der Waals surface area contributed by atoms with Gasteiger partial charge in [0.05, 0.1) is 12.1 Å². The van der Waals surface area contributed by atoms with Gasteiger partial charge in [-0.25, -0.2) is 0 Å². The highest BCUT2D eigenvalue weighted by atomic mass is 16.2. The van der Waals surface area contributed by atoms with Crippen LogP contribution in [0.25, 0.3) is 0 Å². The number of hydrogen-bond acceptors (Lipinski definition) is 3. The highest BCUT2D eigenvalue weighted by Gasteiger charge is 2.38. The van der Waals surface area contributed by atoms with Gasteiger partial charge < -0.3 is 10.2 Å². The predicted molar refractivity (Wildman–Crippen MR) is 139 cm³/mol. The molecule has 2 atom stereocenters. The van der Waals surface area contributed by atoms with Gasteiger partial charge in [0.1, 0.15) is 0 Å². The fourth-order valence-electron chi connectivity index (χ4n) is 6.42. The SMILES string of the molecule is O=C(N[C@H]1CCCc2ccccc21)[C@@H](C1CCCC1)N1CCN(C(=O)CCc2ccccc2)CC1. The molecular formula is C30H39N3O2. The van der Waals surface area contributed by atoms with E-state index in [0.717, 1.165) is 64.7 Å². The molecule has 5 rings (SSSR count). The maximum absolute atomic E-state index is 13.7. The van der Waals surface area contributed by atoms with E-state index in [2.05, 4.69) is 46.6 Å². The molecule has 2 aromatic rings. The van der Waals surface area contributed by atoms with Crippen molar-refractivity contribution in [2.24, 2.45) is 5.92 Å². The van der Waals surface area contributed by atoms with Crippen LogP contribution in [0.2, 0.25) is 0 Å². The van der Waals surface area contributed by atoms with Gasteiger partial charge in [-0.2, -0.15) is 0 Å². The lowest BCUT2D eigenvalue weighted by molar-refractivity contribution is -0.135. The summed E-state index contributed by atoms with van der Waals surface area (Å²) in [5.74, 6) is 0.853. The minimum absolute atomic E-state index is 0.0758. The fourth-order valence-corrected chi connectivity index (χ4v) is 6.42. The number of rotatable bonds is 7. The molecular weight excluding hydrogens is 434 g/mol. The van der Waals surface area contributed by atoms with Crippen LogP contribution in [-0.2, 0) is 22.4 Å². The molecule has 2 aromatic carbocycles. The summed E-state index contributed by atoms with van der Waals surface area (Å²) >= 11 is 0. The lowest BCUT2D eigenvalue weighted by Crippen LogP contribution is -2.58. The average Bonchev–Trinajstić information content (AvgIpc) is 3.43. The second kappa shape index (κ2) is 11.4. The van der Waals surface area contributed by atoms with Crippen molar-refractivity contribution < 1.29 is 9.59 Å². The number of hydrogen-bond donors (Lipinski definition) is 1. The summed E-state index contributed by atoms with van der Waals surface area (Å²) in [6, 6.07) is 18.9. The van der Waals surface area contributed by atoms with E-state index in [-0.39, 0.29) is 23.9 Å². The lowest BCUT2D eigenvalue weighted by Gasteiger charge is -2.41. The predicted octanol–water partition coefficient (Wildman–Crippen LogP) is 4.52. The molecule has 1 saturated heterocycles. The van der Waals surface area contributed by atoms with Crippen molar-refractivity contribution >= 4 is 11.8 Å². The van der Waals surface area contributed by atoms with Gasteiger partial charge in [-0.3, -0.25) is 14.5 Å². The first-order valence-corrected chi connectivity index (χ1v) is 13.6. The molecule has 0 spiro atoms. The number of fused-ring (bicyclic) bond motifs is 1. The quantitative estimate of drug-likeness (QED) is 0.644. The van der Waals surface area contributed by atoms with Crippen LogP contribution in [-0.4, -0.2) is 53.8 Å². The zero-order valence-electron chi connectivity index (χ0n) is 20.8. The zero-order valence-corrected chi connectivity index (χ0v) is 20.8. The Morgan fingerprint density at radius 3 is 2.34 bits per heavy atom. The third-order valence-electron chi connectivity index (χ3n) is 8.33. The number of aryl methyl sites for hydroxylation is 2. The van der Waals surface area contributed by atoms with Crippen molar-refractivity contribution in [2.45, 2.75) is 69.9 Å². The van der Waals surface area contributed by atoms with Crippen LogP contribution in [0, 0.1) is 5.92 Å². The molecule has 0 radical (unpaired) electrons. The van der Waals surface area contributed by atoms with Crippen LogP contribution >= 0.6 is 0 Å². The molecule has 0 aromatic heterocycles. The zero-order chi connectivity index (χ0) is 24.0. The summed E-state index contributed by atoms with van der Waals surface area (Å²) in [5.41, 5.74) is 3.89. The Bertz CT molecular complexity index is 994. The van der Waals surface area contributed by atoms with Crippen LogP contribution in [0.15, 0.2) is 54.6 Å². The van der Waals surface area contributed by atoms with Crippen LogP contribution in [0.3, 0.4) is 0 Å². The molecule has 0 bridgehead atoms. The van der Waals surface area contributed by atoms with E-state index in [1.165, 1.54) is 29.5 Å². The van der Waals surface area contributed by atoms with E-state index in [9.17, 15) is 9.59 Å². The highest BCUT2D eigenvalue weighted by Crippen LogP contribution is 2.33. The molecule has 5 nitrogen and oxygen atoms in total. The standard InChI is InChI=1S/C30H39N3O2/c34-28(18-17-23-9-2-1-3-10-23)32-19-21-33(22-20-32)29(25-12-4-5-13-25)30(35)31-27-16-8-14-24-11-6-7-15-26(24)27/h1-3,6-7,9-11,15,25,27,29H,4-5,8,12-14,16-22H2,(H,31,35)/t27-,29+/m0/s1. The molecule has 186 valence electrons. The number of amides is 2. The molecule has 5 heteroatoms. The largest absolute Gasteiger partial charge is 0.348 e. The molecule has 0 unspecified atom stereocenters. The van der Waals surface area contributed by atoms with E-state index < -0.39 is 0 Å². The smallest absolute Gasteiger partial charge is 0.238 e. The first kappa shape index (κ1) is 24.1. The molecule has 2 fully saturated rings. The van der Waals surface area contributed by atoms with E-state index in [0.29, 0.717) is 12.3 Å². The Morgan fingerprint density at radius 2 is 1.57 bits per heavy atom. The number of nitrogens with zero attached hydrogens (tertiary/aromatic N) is 2. The van der Waals surface area contributed by atoms with Crippen LogP contribution in [0.1, 0.15) is 67.7 Å². The Labute approximate surface area is 209 Å². The minimum atomic E-state index is -0.0758. The van der Waals surface area contributed by atoms with Gasteiger partial charge in [0.2, 0.25) is 11.8 Å². The van der Waals surface area contributed by atoms with Gasteiger partial charge in [-0.1, -0.05) is 67.4 Å². The van der Waals surface area contributed by atoms with E-state index >= 15 is 0 Å². The Hall–Kier alpha value is -2.66. The fraction of sp³-hybridized carbons (Fsp3) is 0.533. The van der Waals surface area contributed by atoms with Crippen molar-refractivity contribution in [3.63, 3.8) is 0 Å². The number of piperazine rings is 1. The van der Waals surface area contributed by atoms with Gasteiger partial charge in [0.15, 0.2) is 0 Å². The van der Waals surface area contributed by atoms with Crippen molar-refractivity contribution in [1.82, 2.24) is 15.1 Å². The molecule has 2 aliphatic carbocycles. The van der Waals surface area contributed by atoms with Crippen LogP contribution in [0.4, 0.5) is 0 Å². The monoisotopic (exact) mass is 473 g/mol. The van der Waals surface area contributed by atoms with Gasteiger partial charge in [0.25, 0.3) is 0 Å². The van der Waals surface area contributed by atoms with Crippen molar-refractivity contribution in [3.8, 4) is 0 Å². The molecule has 1 N–H and O–H groups in total. The van der Waals surface area contributed by atoms with Crippen LogP contribution in [0.5, 0.6) is 0 Å². The van der Waals surface area contributed by atoms with Gasteiger partial charge in [-0.15, -0.1) is 0 Å². The summed E-state index contributed by atoms with van der Waals surface area (Å²) in [7, 11) is 0. The second-order valence-electron chi connectivity index (χ2n) is 10.5. The van der Waals surface area contributed by atoms with Gasteiger partial charge >= 0.3 is 0 Å². The lowest BCUT2D eigenvalue weighted by atomic mass is 9.87. The summed E-state index contributed by atoms with van der Waals surface area (Å²) in [5, 5.41) is 3.46.